The van der Waals surface area contributed by atoms with Crippen LogP contribution in [-0.4, -0.2) is 43.6 Å². The fraction of sp³-hybridized carbons (Fsp3) is 0.304. The van der Waals surface area contributed by atoms with E-state index in [0.29, 0.717) is 31.1 Å². The van der Waals surface area contributed by atoms with Gasteiger partial charge in [0, 0.05) is 31.6 Å². The molecule has 1 fully saturated rings. The van der Waals surface area contributed by atoms with Crippen molar-refractivity contribution in [1.29, 1.82) is 0 Å². The Kier molecular flexibility index (Phi) is 5.19. The molecule has 31 heavy (non-hydrogen) atoms. The van der Waals surface area contributed by atoms with Crippen molar-refractivity contribution in [3.63, 3.8) is 0 Å². The zero-order valence-corrected chi connectivity index (χ0v) is 17.0. The highest BCUT2D eigenvalue weighted by Gasteiger charge is 2.18. The molecule has 0 saturated carbocycles. The van der Waals surface area contributed by atoms with Gasteiger partial charge in [-0.1, -0.05) is 17.3 Å². The monoisotopic (exact) mass is 419 g/mol. The highest BCUT2D eigenvalue weighted by molar-refractivity contribution is 5.81. The molecule has 158 valence electrons. The molecule has 2 aromatic heterocycles. The molecule has 1 saturated heterocycles. The van der Waals surface area contributed by atoms with E-state index in [1.54, 1.807) is 12.4 Å². The first kappa shape index (κ1) is 19.4. The van der Waals surface area contributed by atoms with Gasteiger partial charge in [-0.25, -0.2) is 9.37 Å². The number of halogens is 1. The van der Waals surface area contributed by atoms with Crippen molar-refractivity contribution < 1.29 is 13.7 Å². The quantitative estimate of drug-likeness (QED) is 0.475. The maximum atomic E-state index is 13.4. The first-order valence-electron chi connectivity index (χ1n) is 10.5. The number of nitrogens with zero attached hydrogens (tertiary/aromatic N) is 5. The van der Waals surface area contributed by atoms with Crippen LogP contribution in [0.15, 0.2) is 53.3 Å². The number of fused-ring (bicyclic) bond motifs is 1. The van der Waals surface area contributed by atoms with Gasteiger partial charge in [0.15, 0.2) is 0 Å². The normalized spacial score (nSPS) is 13.9. The lowest BCUT2D eigenvalue weighted by atomic mass is 10.1. The van der Waals surface area contributed by atoms with Crippen molar-refractivity contribution in [3.8, 4) is 11.4 Å². The molecule has 7 nitrogen and oxygen atoms in total. The molecule has 0 bridgehead atoms. The van der Waals surface area contributed by atoms with Crippen molar-refractivity contribution in [3.05, 3.63) is 66.1 Å². The highest BCUT2D eigenvalue weighted by Crippen LogP contribution is 2.23. The van der Waals surface area contributed by atoms with E-state index < -0.39 is 0 Å². The number of carbonyl (C=O) groups is 1. The zero-order chi connectivity index (χ0) is 21.2. The van der Waals surface area contributed by atoms with Crippen LogP contribution in [0.1, 0.15) is 30.7 Å². The van der Waals surface area contributed by atoms with Gasteiger partial charge in [-0.05, 0) is 48.7 Å². The SMILES string of the molecule is O=C(CCn1cnc2cc(-c3noc(Cc4cccc(F)c4)n3)ccc21)N1CCCC1. The van der Waals surface area contributed by atoms with Crippen LogP contribution in [-0.2, 0) is 17.8 Å². The van der Waals surface area contributed by atoms with Crippen LogP contribution in [0.25, 0.3) is 22.4 Å². The Hall–Kier alpha value is -3.55. The second-order valence-corrected chi connectivity index (χ2v) is 7.80. The van der Waals surface area contributed by atoms with Crippen LogP contribution >= 0.6 is 0 Å². The molecule has 0 unspecified atom stereocenters. The minimum Gasteiger partial charge on any atom is -0.343 e. The third-order valence-corrected chi connectivity index (χ3v) is 5.62. The van der Waals surface area contributed by atoms with E-state index in [-0.39, 0.29) is 11.7 Å². The van der Waals surface area contributed by atoms with Crippen molar-refractivity contribution in [1.82, 2.24) is 24.6 Å². The minimum atomic E-state index is -0.291. The minimum absolute atomic E-state index is 0.202. The maximum Gasteiger partial charge on any atom is 0.231 e. The lowest BCUT2D eigenvalue weighted by Gasteiger charge is -2.15. The number of aromatic nitrogens is 4. The second-order valence-electron chi connectivity index (χ2n) is 7.80. The van der Waals surface area contributed by atoms with E-state index in [4.69, 9.17) is 4.52 Å². The Morgan fingerprint density at radius 2 is 2.00 bits per heavy atom. The summed E-state index contributed by atoms with van der Waals surface area (Å²) in [6.07, 6.45) is 4.80. The van der Waals surface area contributed by atoms with Crippen molar-refractivity contribution >= 4 is 16.9 Å². The highest BCUT2D eigenvalue weighted by atomic mass is 19.1. The van der Waals surface area contributed by atoms with Gasteiger partial charge in [0.25, 0.3) is 0 Å². The van der Waals surface area contributed by atoms with Crippen LogP contribution in [0.5, 0.6) is 0 Å². The Morgan fingerprint density at radius 3 is 2.84 bits per heavy atom. The van der Waals surface area contributed by atoms with Gasteiger partial charge in [0.05, 0.1) is 23.8 Å². The van der Waals surface area contributed by atoms with Gasteiger partial charge >= 0.3 is 0 Å². The fourth-order valence-electron chi connectivity index (χ4n) is 3.99. The average Bonchev–Trinajstić information content (AvgIpc) is 3.53. The molecule has 5 rings (SSSR count). The fourth-order valence-corrected chi connectivity index (χ4v) is 3.99. The summed E-state index contributed by atoms with van der Waals surface area (Å²) < 4.78 is 20.7. The van der Waals surface area contributed by atoms with E-state index in [1.165, 1.54) is 12.1 Å². The molecule has 0 aliphatic carbocycles. The smallest absolute Gasteiger partial charge is 0.231 e. The van der Waals surface area contributed by atoms with Crippen molar-refractivity contribution in [2.75, 3.05) is 13.1 Å². The molecule has 4 aromatic rings. The van der Waals surface area contributed by atoms with Gasteiger partial charge in [-0.15, -0.1) is 0 Å². The van der Waals surface area contributed by atoms with Gasteiger partial charge in [-0.2, -0.15) is 4.98 Å². The molecule has 0 radical (unpaired) electrons. The van der Waals surface area contributed by atoms with Crippen LogP contribution in [0.4, 0.5) is 4.39 Å². The predicted molar refractivity (Wildman–Crippen MR) is 113 cm³/mol. The zero-order valence-electron chi connectivity index (χ0n) is 17.0. The number of hydrogen-bond donors (Lipinski definition) is 0. The molecular formula is C23H22FN5O2. The molecule has 1 aliphatic heterocycles. The molecule has 8 heteroatoms. The third kappa shape index (κ3) is 4.19. The standard InChI is InChI=1S/C23H22FN5O2/c24-18-5-3-4-16(12-18)13-21-26-23(27-31-21)17-6-7-20-19(14-17)25-15-29(20)11-8-22(30)28-9-1-2-10-28/h3-7,12,14-15H,1-2,8-11,13H2. The summed E-state index contributed by atoms with van der Waals surface area (Å²) in [5.41, 5.74) is 3.33. The average molecular weight is 419 g/mol. The summed E-state index contributed by atoms with van der Waals surface area (Å²) in [5, 5.41) is 4.06. The van der Waals surface area contributed by atoms with Crippen LogP contribution in [0, 0.1) is 5.82 Å². The molecular weight excluding hydrogens is 397 g/mol. The summed E-state index contributed by atoms with van der Waals surface area (Å²) in [6, 6.07) is 12.1. The van der Waals surface area contributed by atoms with Crippen LogP contribution in [0.3, 0.4) is 0 Å². The number of hydrogen-bond acceptors (Lipinski definition) is 5. The van der Waals surface area contributed by atoms with E-state index in [1.807, 2.05) is 33.7 Å². The Labute approximate surface area is 178 Å². The lowest BCUT2D eigenvalue weighted by Crippen LogP contribution is -2.28. The summed E-state index contributed by atoms with van der Waals surface area (Å²) in [5.74, 6) is 0.799. The number of aryl methyl sites for hydroxylation is 1. The molecule has 1 aliphatic rings. The van der Waals surface area contributed by atoms with Crippen LogP contribution < -0.4 is 0 Å². The second kappa shape index (κ2) is 8.29. The largest absolute Gasteiger partial charge is 0.343 e. The van der Waals surface area contributed by atoms with Gasteiger partial charge in [0.2, 0.25) is 17.6 Å². The number of rotatable bonds is 6. The van der Waals surface area contributed by atoms with Gasteiger partial charge in [-0.3, -0.25) is 4.79 Å². The van der Waals surface area contributed by atoms with Gasteiger partial charge < -0.3 is 14.0 Å². The number of likely N-dealkylation sites (tertiary alicyclic amines) is 1. The maximum absolute atomic E-state index is 13.4. The molecule has 0 atom stereocenters. The number of carbonyl (C=O) groups excluding carboxylic acids is 1. The van der Waals surface area contributed by atoms with Crippen molar-refractivity contribution in [2.45, 2.75) is 32.2 Å². The Morgan fingerprint density at radius 1 is 1.13 bits per heavy atom. The molecule has 2 aromatic carbocycles. The van der Waals surface area contributed by atoms with Gasteiger partial charge in [0.1, 0.15) is 5.82 Å². The molecule has 3 heterocycles. The summed E-state index contributed by atoms with van der Waals surface area (Å²) in [7, 11) is 0. The Bertz CT molecular complexity index is 1230. The first-order chi connectivity index (χ1) is 15.2. The molecule has 0 N–H and O–H groups in total. The summed E-state index contributed by atoms with van der Waals surface area (Å²) in [4.78, 5) is 23.2. The number of amides is 1. The van der Waals surface area contributed by atoms with E-state index in [2.05, 4.69) is 15.1 Å². The summed E-state index contributed by atoms with van der Waals surface area (Å²) >= 11 is 0. The number of imidazole rings is 1. The third-order valence-electron chi connectivity index (χ3n) is 5.62. The van der Waals surface area contributed by atoms with Crippen molar-refractivity contribution in [2.24, 2.45) is 0 Å². The van der Waals surface area contributed by atoms with E-state index in [9.17, 15) is 9.18 Å². The van der Waals surface area contributed by atoms with E-state index >= 15 is 0 Å². The molecule has 0 spiro atoms. The Balaban J connectivity index is 1.29. The molecule has 1 amide bonds. The number of benzene rings is 2. The topological polar surface area (TPSA) is 77.0 Å². The first-order valence-corrected chi connectivity index (χ1v) is 10.5. The van der Waals surface area contributed by atoms with Crippen LogP contribution in [0.2, 0.25) is 0 Å². The predicted octanol–water partition coefficient (Wildman–Crippen LogP) is 3.83. The lowest BCUT2D eigenvalue weighted by molar-refractivity contribution is -0.130. The van der Waals surface area contributed by atoms with E-state index in [0.717, 1.165) is 48.1 Å². The summed E-state index contributed by atoms with van der Waals surface area (Å²) in [6.45, 7) is 2.35.